The van der Waals surface area contributed by atoms with Crippen LogP contribution in [0.5, 0.6) is 0 Å². The van der Waals surface area contributed by atoms with Crippen molar-refractivity contribution >= 4 is 45.6 Å². The number of nitro groups is 1. The molecule has 0 unspecified atom stereocenters. The molecule has 10 heteroatoms. The van der Waals surface area contributed by atoms with Crippen LogP contribution in [0.25, 0.3) is 0 Å². The number of anilines is 1. The van der Waals surface area contributed by atoms with Crippen LogP contribution >= 0.6 is 24.0 Å². The topological polar surface area (TPSA) is 97.5 Å². The molecule has 0 radical (unpaired) electrons. The molecule has 1 N–H and O–H groups in total. The van der Waals surface area contributed by atoms with Crippen molar-refractivity contribution in [1.29, 1.82) is 0 Å². The van der Waals surface area contributed by atoms with Gasteiger partial charge in [0.1, 0.15) is 4.32 Å². The smallest absolute Gasteiger partial charge is 0.269 e. The fraction of sp³-hybridized carbons (Fsp3) is 0.350. The normalized spacial score (nSPS) is 19.7. The standard InChI is InChI=1S/C20H20N4O4S2/c25-18(21-15-4-6-16(7-5-15)24(27)28)12-30-20(29)22-9-13-8-14(11-22)17-2-1-3-19(26)23(17)10-13/h1-7,13-14H,8-12H2,(H,21,25)/t13-,14+/m0/s1. The number of thiocarbonyl (C=S) groups is 1. The van der Waals surface area contributed by atoms with E-state index >= 15 is 0 Å². The van der Waals surface area contributed by atoms with Crippen molar-refractivity contribution in [3.05, 3.63) is 68.6 Å². The molecule has 0 spiro atoms. The summed E-state index contributed by atoms with van der Waals surface area (Å²) in [5, 5.41) is 13.4. The van der Waals surface area contributed by atoms with Crippen LogP contribution in [0.3, 0.4) is 0 Å². The van der Waals surface area contributed by atoms with E-state index < -0.39 is 4.92 Å². The van der Waals surface area contributed by atoms with Gasteiger partial charge in [0.25, 0.3) is 11.2 Å². The van der Waals surface area contributed by atoms with Crippen molar-refractivity contribution in [2.45, 2.75) is 18.9 Å². The Balaban J connectivity index is 1.32. The van der Waals surface area contributed by atoms with E-state index in [-0.39, 0.29) is 28.8 Å². The van der Waals surface area contributed by atoms with Gasteiger partial charge in [0.15, 0.2) is 0 Å². The summed E-state index contributed by atoms with van der Waals surface area (Å²) in [7, 11) is 0. The van der Waals surface area contributed by atoms with Crippen molar-refractivity contribution in [3.63, 3.8) is 0 Å². The summed E-state index contributed by atoms with van der Waals surface area (Å²) < 4.78 is 2.56. The third-order valence-corrected chi connectivity index (χ3v) is 6.95. The lowest BCUT2D eigenvalue weighted by Crippen LogP contribution is -2.48. The first kappa shape index (κ1) is 20.5. The number of thioether (sulfide) groups is 1. The Morgan fingerprint density at radius 2 is 1.97 bits per heavy atom. The number of likely N-dealkylation sites (tertiary alicyclic amines) is 1. The number of nitrogens with one attached hydrogen (secondary N) is 1. The van der Waals surface area contributed by atoms with E-state index in [1.54, 1.807) is 6.07 Å². The monoisotopic (exact) mass is 444 g/mol. The molecule has 1 saturated heterocycles. The first-order chi connectivity index (χ1) is 14.4. The highest BCUT2D eigenvalue weighted by Gasteiger charge is 2.35. The van der Waals surface area contributed by atoms with Gasteiger partial charge in [0.2, 0.25) is 5.91 Å². The molecule has 0 saturated carbocycles. The van der Waals surface area contributed by atoms with Crippen LogP contribution in [-0.4, -0.2) is 43.5 Å². The van der Waals surface area contributed by atoms with E-state index in [1.807, 2.05) is 16.7 Å². The Kier molecular flexibility index (Phi) is 5.87. The third-order valence-electron chi connectivity index (χ3n) is 5.43. The number of nitro benzene ring substituents is 1. The van der Waals surface area contributed by atoms with Gasteiger partial charge in [-0.3, -0.25) is 19.7 Å². The van der Waals surface area contributed by atoms with Crippen LogP contribution in [0.15, 0.2) is 47.3 Å². The second-order valence-electron chi connectivity index (χ2n) is 7.51. The second-order valence-corrected chi connectivity index (χ2v) is 9.12. The Morgan fingerprint density at radius 3 is 2.70 bits per heavy atom. The summed E-state index contributed by atoms with van der Waals surface area (Å²) in [4.78, 5) is 36.7. The Bertz CT molecular complexity index is 1050. The molecule has 2 bridgehead atoms. The minimum atomic E-state index is -0.483. The summed E-state index contributed by atoms with van der Waals surface area (Å²) in [5.74, 6) is 0.575. The van der Waals surface area contributed by atoms with Crippen LogP contribution in [0, 0.1) is 16.0 Å². The minimum absolute atomic E-state index is 0.0250. The largest absolute Gasteiger partial charge is 0.356 e. The average molecular weight is 445 g/mol. The average Bonchev–Trinajstić information content (AvgIpc) is 2.73. The van der Waals surface area contributed by atoms with Crippen molar-refractivity contribution in [3.8, 4) is 0 Å². The van der Waals surface area contributed by atoms with Crippen molar-refractivity contribution in [1.82, 2.24) is 9.47 Å². The van der Waals surface area contributed by atoms with Gasteiger partial charge in [-0.2, -0.15) is 0 Å². The highest BCUT2D eigenvalue weighted by Crippen LogP contribution is 2.36. The SMILES string of the molecule is O=C(CSC(=S)N1C[C@@H]2C[C@H](C1)c1cccc(=O)n1C2)Nc1ccc([N+](=O)[O-])cc1. The predicted molar refractivity (Wildman–Crippen MR) is 120 cm³/mol. The van der Waals surface area contributed by atoms with Crippen molar-refractivity contribution in [2.24, 2.45) is 5.92 Å². The zero-order chi connectivity index (χ0) is 21.3. The molecular weight excluding hydrogens is 424 g/mol. The number of hydrogen-bond acceptors (Lipinski definition) is 6. The van der Waals surface area contributed by atoms with Crippen LogP contribution < -0.4 is 10.9 Å². The number of fused-ring (bicyclic) bond motifs is 4. The van der Waals surface area contributed by atoms with Gasteiger partial charge in [0.05, 0.1) is 10.7 Å². The van der Waals surface area contributed by atoms with E-state index in [0.717, 1.165) is 25.2 Å². The lowest BCUT2D eigenvalue weighted by atomic mass is 9.83. The molecule has 1 fully saturated rings. The molecule has 0 aliphatic carbocycles. The number of carbonyl (C=O) groups is 1. The third kappa shape index (κ3) is 4.39. The van der Waals surface area contributed by atoms with Crippen LogP contribution in [0.2, 0.25) is 0 Å². The highest BCUT2D eigenvalue weighted by atomic mass is 32.2. The molecule has 3 heterocycles. The van der Waals surface area contributed by atoms with E-state index in [0.29, 0.717) is 22.5 Å². The van der Waals surface area contributed by atoms with Gasteiger partial charge in [-0.05, 0) is 30.5 Å². The fourth-order valence-electron chi connectivity index (χ4n) is 4.13. The van der Waals surface area contributed by atoms with Crippen molar-refractivity contribution < 1.29 is 9.72 Å². The van der Waals surface area contributed by atoms with E-state index in [4.69, 9.17) is 12.2 Å². The second kappa shape index (κ2) is 8.57. The first-order valence-electron chi connectivity index (χ1n) is 9.56. The molecule has 2 atom stereocenters. The molecule has 2 aliphatic rings. The van der Waals surface area contributed by atoms with Crippen LogP contribution in [0.1, 0.15) is 18.0 Å². The molecule has 30 heavy (non-hydrogen) atoms. The van der Waals surface area contributed by atoms with Gasteiger partial charge in [-0.1, -0.05) is 30.0 Å². The number of piperidine rings is 1. The van der Waals surface area contributed by atoms with Gasteiger partial charge in [-0.15, -0.1) is 0 Å². The Labute approximate surface area is 182 Å². The number of benzene rings is 1. The lowest BCUT2D eigenvalue weighted by Gasteiger charge is -2.43. The van der Waals surface area contributed by atoms with Gasteiger partial charge < -0.3 is 14.8 Å². The quantitative estimate of drug-likeness (QED) is 0.440. The first-order valence-corrected chi connectivity index (χ1v) is 11.0. The molecule has 1 amide bonds. The van der Waals surface area contributed by atoms with Gasteiger partial charge in [0, 0.05) is 55.1 Å². The number of nitrogens with zero attached hydrogens (tertiary/aromatic N) is 3. The van der Waals surface area contributed by atoms with Crippen LogP contribution in [0.4, 0.5) is 11.4 Å². The molecule has 1 aromatic heterocycles. The summed E-state index contributed by atoms with van der Waals surface area (Å²) >= 11 is 6.88. The number of hydrogen-bond donors (Lipinski definition) is 1. The zero-order valence-corrected chi connectivity index (χ0v) is 17.7. The lowest BCUT2D eigenvalue weighted by molar-refractivity contribution is -0.384. The maximum atomic E-state index is 12.2. The minimum Gasteiger partial charge on any atom is -0.356 e. The number of non-ortho nitro benzene ring substituents is 1. The molecule has 4 rings (SSSR count). The zero-order valence-electron chi connectivity index (χ0n) is 16.0. The van der Waals surface area contributed by atoms with Gasteiger partial charge >= 0.3 is 0 Å². The summed E-state index contributed by atoms with van der Waals surface area (Å²) in [6.07, 6.45) is 1.05. The number of amides is 1. The predicted octanol–water partition coefficient (Wildman–Crippen LogP) is 2.83. The Hall–Kier alpha value is -2.72. The van der Waals surface area contributed by atoms with E-state index in [2.05, 4.69) is 10.2 Å². The number of rotatable bonds is 4. The highest BCUT2D eigenvalue weighted by molar-refractivity contribution is 8.23. The molecular formula is C20H20N4O4S2. The summed E-state index contributed by atoms with van der Waals surface area (Å²) in [6, 6.07) is 11.1. The van der Waals surface area contributed by atoms with Gasteiger partial charge in [-0.25, -0.2) is 0 Å². The molecule has 1 aromatic carbocycles. The summed E-state index contributed by atoms with van der Waals surface area (Å²) in [5.41, 5.74) is 1.59. The van der Waals surface area contributed by atoms with E-state index in [9.17, 15) is 19.7 Å². The maximum Gasteiger partial charge on any atom is 0.269 e. The summed E-state index contributed by atoms with van der Waals surface area (Å²) in [6.45, 7) is 2.23. The van der Waals surface area contributed by atoms with Crippen molar-refractivity contribution in [2.75, 3.05) is 24.2 Å². The maximum absolute atomic E-state index is 12.2. The fourth-order valence-corrected chi connectivity index (χ4v) is 5.11. The number of carbonyl (C=O) groups excluding carboxylic acids is 1. The number of pyridine rings is 1. The van der Waals surface area contributed by atoms with Crippen LogP contribution in [-0.2, 0) is 11.3 Å². The number of aromatic nitrogens is 1. The molecule has 8 nitrogen and oxygen atoms in total. The molecule has 156 valence electrons. The molecule has 2 aliphatic heterocycles. The Morgan fingerprint density at radius 1 is 1.20 bits per heavy atom. The molecule has 2 aromatic rings. The van der Waals surface area contributed by atoms with E-state index in [1.165, 1.54) is 36.0 Å².